The fraction of sp³-hybridized carbons (Fsp3) is 0.375. The monoisotopic (exact) mass is 520 g/mol. The number of hydrogen-bond acceptors (Lipinski definition) is 5. The van der Waals surface area contributed by atoms with Crippen molar-refractivity contribution in [3.05, 3.63) is 82.7 Å². The largest absolute Gasteiger partial charge is 0.370 e. The minimum Gasteiger partial charge on any atom is -0.370 e. The Labute approximate surface area is 231 Å². The van der Waals surface area contributed by atoms with Gasteiger partial charge < -0.3 is 19.3 Å². The normalized spacial score (nSPS) is 16.5. The molecule has 7 nitrogen and oxygen atoms in total. The molecular weight excluding hydrogens is 484 g/mol. The Morgan fingerprint density at radius 2 is 1.69 bits per heavy atom. The molecule has 0 N–H and O–H groups in total. The van der Waals surface area contributed by atoms with Gasteiger partial charge in [0.2, 0.25) is 0 Å². The highest BCUT2D eigenvalue weighted by Crippen LogP contribution is 2.24. The third-order valence-corrected chi connectivity index (χ3v) is 8.15. The smallest absolute Gasteiger partial charge is 0.270 e. The van der Waals surface area contributed by atoms with Gasteiger partial charge in [-0.1, -0.05) is 24.1 Å². The van der Waals surface area contributed by atoms with E-state index in [1.54, 1.807) is 0 Å². The summed E-state index contributed by atoms with van der Waals surface area (Å²) in [5.74, 6) is 2.82. The molecule has 0 saturated carbocycles. The molecule has 0 spiro atoms. The number of anilines is 2. The summed E-state index contributed by atoms with van der Waals surface area (Å²) in [6.07, 6.45) is 6.51. The highest BCUT2D eigenvalue weighted by atomic mass is 16.2. The van der Waals surface area contributed by atoms with E-state index in [4.69, 9.17) is 6.42 Å². The zero-order valence-corrected chi connectivity index (χ0v) is 22.9. The van der Waals surface area contributed by atoms with Gasteiger partial charge in [0.05, 0.1) is 11.3 Å². The van der Waals surface area contributed by atoms with Gasteiger partial charge in [-0.05, 0) is 55.3 Å². The summed E-state index contributed by atoms with van der Waals surface area (Å²) in [7, 11) is 2.00. The topological polar surface area (TPSA) is 58.8 Å². The fourth-order valence-corrected chi connectivity index (χ4v) is 5.69. The molecule has 1 amide bonds. The van der Waals surface area contributed by atoms with Gasteiger partial charge in [-0.15, -0.1) is 6.42 Å². The molecule has 7 heteroatoms. The van der Waals surface area contributed by atoms with E-state index in [0.29, 0.717) is 6.54 Å². The minimum atomic E-state index is 0.101. The Bertz CT molecular complexity index is 1420. The zero-order valence-electron chi connectivity index (χ0n) is 22.9. The second-order valence-corrected chi connectivity index (χ2v) is 10.4. The Kier molecular flexibility index (Phi) is 7.91. The van der Waals surface area contributed by atoms with Crippen LogP contribution in [0.15, 0.2) is 54.6 Å². The number of terminal acetylenes is 1. The van der Waals surface area contributed by atoms with Gasteiger partial charge in [0, 0.05) is 82.9 Å². The van der Waals surface area contributed by atoms with Crippen molar-refractivity contribution in [1.29, 1.82) is 5.26 Å². The van der Waals surface area contributed by atoms with Crippen LogP contribution in [0, 0.1) is 30.6 Å². The van der Waals surface area contributed by atoms with E-state index in [1.165, 1.54) is 5.56 Å². The maximum absolute atomic E-state index is 13.6. The van der Waals surface area contributed by atoms with E-state index in [1.807, 2.05) is 54.4 Å². The highest BCUT2D eigenvalue weighted by molar-refractivity contribution is 5.93. The molecule has 2 aliphatic heterocycles. The summed E-state index contributed by atoms with van der Waals surface area (Å²) < 4.78 is 2.05. The average molecular weight is 521 g/mol. The molecule has 2 saturated heterocycles. The predicted octanol–water partition coefficient (Wildman–Crippen LogP) is 3.86. The van der Waals surface area contributed by atoms with Crippen LogP contribution in [0.25, 0.3) is 0 Å². The molecule has 2 aromatic carbocycles. The minimum absolute atomic E-state index is 0.101. The van der Waals surface area contributed by atoms with Gasteiger partial charge in [-0.2, -0.15) is 5.26 Å². The average Bonchev–Trinajstić information content (AvgIpc) is 3.14. The molecule has 2 aliphatic rings. The zero-order chi connectivity index (χ0) is 27.4. The van der Waals surface area contributed by atoms with E-state index in [-0.39, 0.29) is 5.91 Å². The van der Waals surface area contributed by atoms with Crippen LogP contribution in [0.2, 0.25) is 0 Å². The van der Waals surface area contributed by atoms with Crippen LogP contribution in [0.5, 0.6) is 0 Å². The number of nitrogens with zero attached hydrogens (tertiary/aromatic N) is 6. The van der Waals surface area contributed by atoms with Crippen LogP contribution in [0.3, 0.4) is 0 Å². The number of para-hydroxylation sites is 1. The van der Waals surface area contributed by atoms with Crippen molar-refractivity contribution in [3.8, 4) is 18.4 Å². The molecule has 0 aliphatic carbocycles. The number of hydrogen-bond donors (Lipinski definition) is 0. The molecule has 0 radical (unpaired) electrons. The highest BCUT2D eigenvalue weighted by Gasteiger charge is 2.26. The summed E-state index contributed by atoms with van der Waals surface area (Å²) in [5.41, 5.74) is 6.84. The molecule has 0 bridgehead atoms. The first-order chi connectivity index (χ1) is 19.0. The van der Waals surface area contributed by atoms with Gasteiger partial charge in [0.1, 0.15) is 11.8 Å². The van der Waals surface area contributed by atoms with Crippen LogP contribution in [0.4, 0.5) is 11.4 Å². The molecule has 1 aromatic heterocycles. The van der Waals surface area contributed by atoms with Crippen molar-refractivity contribution in [2.45, 2.75) is 19.9 Å². The van der Waals surface area contributed by atoms with Crippen LogP contribution >= 0.6 is 0 Å². The number of carbonyl (C=O) groups is 1. The number of benzene rings is 2. The quantitative estimate of drug-likeness (QED) is 0.478. The number of carbonyl (C=O) groups excluding carboxylic acids is 1. The summed E-state index contributed by atoms with van der Waals surface area (Å²) in [6, 6.07) is 20.3. The van der Waals surface area contributed by atoms with E-state index in [0.717, 1.165) is 92.7 Å². The van der Waals surface area contributed by atoms with E-state index < -0.39 is 0 Å². The van der Waals surface area contributed by atoms with Crippen molar-refractivity contribution < 1.29 is 4.79 Å². The van der Waals surface area contributed by atoms with E-state index in [9.17, 15) is 10.1 Å². The standard InChI is InChI=1S/C32H36N6O/c1-4-26-9-7-11-29(21-26)36-13-8-14-38(20-19-36)32(39)31-22-28(25(2)34(31)3)24-35-15-17-37(18-16-35)30-12-6-5-10-27(30)23-33/h1,5-7,9-12,21-22H,8,13-20,24H2,2-3H3. The lowest BCUT2D eigenvalue weighted by Crippen LogP contribution is -2.46. The Hall–Kier alpha value is -4.20. The van der Waals surface area contributed by atoms with Crippen molar-refractivity contribution in [2.75, 3.05) is 62.2 Å². The number of nitriles is 1. The maximum atomic E-state index is 13.6. The Morgan fingerprint density at radius 1 is 0.923 bits per heavy atom. The number of piperazine rings is 1. The molecular formula is C32H36N6O. The molecule has 39 heavy (non-hydrogen) atoms. The number of amides is 1. The third kappa shape index (κ3) is 5.65. The lowest BCUT2D eigenvalue weighted by molar-refractivity contribution is 0.0757. The molecule has 0 atom stereocenters. The summed E-state index contributed by atoms with van der Waals surface area (Å²) in [6.45, 7) is 9.64. The SMILES string of the molecule is C#Cc1cccc(N2CCCN(C(=O)c3cc(CN4CCN(c5ccccc5C#N)CC4)c(C)n3C)CC2)c1. The maximum Gasteiger partial charge on any atom is 0.270 e. The predicted molar refractivity (Wildman–Crippen MR) is 156 cm³/mol. The van der Waals surface area contributed by atoms with Gasteiger partial charge in [0.25, 0.3) is 5.91 Å². The second-order valence-electron chi connectivity index (χ2n) is 10.4. The number of rotatable bonds is 5. The molecule has 2 fully saturated rings. The van der Waals surface area contributed by atoms with Gasteiger partial charge in [0.15, 0.2) is 0 Å². The Morgan fingerprint density at radius 3 is 2.46 bits per heavy atom. The van der Waals surface area contributed by atoms with Gasteiger partial charge in [-0.3, -0.25) is 9.69 Å². The van der Waals surface area contributed by atoms with Gasteiger partial charge >= 0.3 is 0 Å². The van der Waals surface area contributed by atoms with Crippen LogP contribution < -0.4 is 9.80 Å². The van der Waals surface area contributed by atoms with E-state index >= 15 is 0 Å². The fourth-order valence-electron chi connectivity index (χ4n) is 5.69. The van der Waals surface area contributed by atoms with Crippen molar-refractivity contribution >= 4 is 17.3 Å². The lowest BCUT2D eigenvalue weighted by atomic mass is 10.1. The van der Waals surface area contributed by atoms with Crippen molar-refractivity contribution in [1.82, 2.24) is 14.4 Å². The first kappa shape index (κ1) is 26.4. The van der Waals surface area contributed by atoms with Crippen molar-refractivity contribution in [3.63, 3.8) is 0 Å². The van der Waals surface area contributed by atoms with Gasteiger partial charge in [-0.25, -0.2) is 0 Å². The lowest BCUT2D eigenvalue weighted by Gasteiger charge is -2.36. The molecule has 3 aromatic rings. The molecule has 200 valence electrons. The second kappa shape index (κ2) is 11.7. The first-order valence-corrected chi connectivity index (χ1v) is 13.7. The molecule has 3 heterocycles. The number of aromatic nitrogens is 1. The van der Waals surface area contributed by atoms with Crippen LogP contribution in [0.1, 0.15) is 39.3 Å². The van der Waals surface area contributed by atoms with Crippen LogP contribution in [-0.2, 0) is 13.6 Å². The summed E-state index contributed by atoms with van der Waals surface area (Å²) >= 11 is 0. The third-order valence-electron chi connectivity index (χ3n) is 8.15. The molecule has 5 rings (SSSR count). The van der Waals surface area contributed by atoms with Crippen LogP contribution in [-0.4, -0.2) is 72.6 Å². The Balaban J connectivity index is 1.21. The van der Waals surface area contributed by atoms with E-state index in [2.05, 4.69) is 50.3 Å². The van der Waals surface area contributed by atoms with Crippen molar-refractivity contribution in [2.24, 2.45) is 7.05 Å². The molecule has 0 unspecified atom stereocenters. The summed E-state index contributed by atoms with van der Waals surface area (Å²) in [4.78, 5) is 22.7. The summed E-state index contributed by atoms with van der Waals surface area (Å²) in [5, 5.41) is 9.46. The first-order valence-electron chi connectivity index (χ1n) is 13.7.